The van der Waals surface area contributed by atoms with Crippen molar-refractivity contribution in [2.75, 3.05) is 37.7 Å². The topological polar surface area (TPSA) is 92.2 Å². The van der Waals surface area contributed by atoms with Crippen LogP contribution in [0, 0.1) is 12.7 Å². The Hall–Kier alpha value is -3.63. The number of H-pyrrole nitrogens is 1. The molecular weight excluding hydrogens is 473 g/mol. The summed E-state index contributed by atoms with van der Waals surface area (Å²) in [5.74, 6) is 0.390. The number of tetrazole rings is 1. The number of halogens is 1. The number of hydrogen-bond acceptors (Lipinski definition) is 7. The summed E-state index contributed by atoms with van der Waals surface area (Å²) in [7, 11) is 0. The first-order valence-electron chi connectivity index (χ1n) is 12.8. The molecule has 0 amide bonds. The van der Waals surface area contributed by atoms with Gasteiger partial charge in [-0.25, -0.2) is 9.07 Å². The van der Waals surface area contributed by atoms with Gasteiger partial charge in [-0.15, -0.1) is 5.10 Å². The van der Waals surface area contributed by atoms with Crippen LogP contribution in [0.1, 0.15) is 35.8 Å². The van der Waals surface area contributed by atoms with Crippen LogP contribution in [-0.4, -0.2) is 69.0 Å². The second-order valence-corrected chi connectivity index (χ2v) is 9.88. The third-order valence-corrected chi connectivity index (χ3v) is 7.40. The number of pyridine rings is 1. The molecule has 2 aliphatic heterocycles. The summed E-state index contributed by atoms with van der Waals surface area (Å²) in [6, 6.07) is 14.3. The molecule has 0 unspecified atom stereocenters. The monoisotopic (exact) mass is 503 g/mol. The predicted octanol–water partition coefficient (Wildman–Crippen LogP) is 3.05. The van der Waals surface area contributed by atoms with Crippen molar-refractivity contribution in [1.29, 1.82) is 0 Å². The molecule has 192 valence electrons. The van der Waals surface area contributed by atoms with Crippen LogP contribution in [0.5, 0.6) is 0 Å². The Kier molecular flexibility index (Phi) is 6.43. The molecule has 0 radical (unpaired) electrons. The summed E-state index contributed by atoms with van der Waals surface area (Å²) >= 11 is 0. The van der Waals surface area contributed by atoms with Crippen LogP contribution in [0.2, 0.25) is 0 Å². The molecule has 0 aliphatic carbocycles. The molecule has 2 atom stereocenters. The van der Waals surface area contributed by atoms with Crippen molar-refractivity contribution < 1.29 is 9.13 Å². The minimum Gasteiger partial charge on any atom is -0.376 e. The van der Waals surface area contributed by atoms with Crippen molar-refractivity contribution in [1.82, 2.24) is 30.1 Å². The van der Waals surface area contributed by atoms with Gasteiger partial charge in [0.2, 0.25) is 0 Å². The Morgan fingerprint density at radius 3 is 2.76 bits per heavy atom. The predicted molar refractivity (Wildman–Crippen MR) is 138 cm³/mol. The molecule has 0 saturated carbocycles. The van der Waals surface area contributed by atoms with Gasteiger partial charge >= 0.3 is 0 Å². The number of fused-ring (bicyclic) bond motifs is 1. The van der Waals surface area contributed by atoms with Crippen molar-refractivity contribution >= 4 is 16.6 Å². The lowest BCUT2D eigenvalue weighted by atomic mass is 10.0. The number of hydrogen-bond donors (Lipinski definition) is 1. The standard InChI is InChI=1S/C27H30FN7O2/c1-18-8-9-23-19(15-18)16-21(27(36)29-23)25(26-30-31-32-35(26)17-20-5-4-14-37-20)34-12-10-33(11-13-34)24-7-3-2-6-22(24)28/h2-3,6-9,15-16,20,25H,4-5,10-14,17H2,1H3,(H,29,36)/t20-,25-/m1/s1. The fraction of sp³-hybridized carbons (Fsp3) is 0.407. The van der Waals surface area contributed by atoms with Crippen LogP contribution >= 0.6 is 0 Å². The number of aromatic nitrogens is 5. The molecular formula is C27H30FN7O2. The molecule has 0 bridgehead atoms. The third-order valence-electron chi connectivity index (χ3n) is 7.40. The summed E-state index contributed by atoms with van der Waals surface area (Å²) in [6.45, 7) is 5.80. The minimum atomic E-state index is -0.451. The third kappa shape index (κ3) is 4.74. The van der Waals surface area contributed by atoms with Gasteiger partial charge in [-0.05, 0) is 65.9 Å². The Balaban J connectivity index is 1.37. The number of piperazine rings is 1. The van der Waals surface area contributed by atoms with E-state index in [4.69, 9.17) is 4.74 Å². The lowest BCUT2D eigenvalue weighted by molar-refractivity contribution is 0.0906. The zero-order valence-electron chi connectivity index (χ0n) is 20.8. The van der Waals surface area contributed by atoms with Gasteiger partial charge in [0.05, 0.1) is 18.3 Å². The quantitative estimate of drug-likeness (QED) is 0.432. The molecule has 6 rings (SSSR count). The van der Waals surface area contributed by atoms with E-state index in [0.717, 1.165) is 35.9 Å². The zero-order chi connectivity index (χ0) is 25.4. The molecule has 10 heteroatoms. The molecule has 9 nitrogen and oxygen atoms in total. The number of para-hydroxylation sites is 1. The van der Waals surface area contributed by atoms with Gasteiger partial charge in [0, 0.05) is 43.9 Å². The van der Waals surface area contributed by atoms with E-state index in [0.29, 0.717) is 49.8 Å². The fourth-order valence-electron chi connectivity index (χ4n) is 5.49. The highest BCUT2D eigenvalue weighted by Gasteiger charge is 2.34. The van der Waals surface area contributed by atoms with Gasteiger partial charge in [-0.2, -0.15) is 0 Å². The highest BCUT2D eigenvalue weighted by molar-refractivity contribution is 5.79. The smallest absolute Gasteiger partial charge is 0.253 e. The maximum absolute atomic E-state index is 14.5. The van der Waals surface area contributed by atoms with E-state index in [2.05, 4.69) is 31.5 Å². The SMILES string of the molecule is Cc1ccc2[nH]c(=O)c([C@H](c3nnnn3C[C@H]3CCCO3)N3CCN(c4ccccc4F)CC3)cc2c1. The van der Waals surface area contributed by atoms with Gasteiger partial charge in [-0.3, -0.25) is 9.69 Å². The zero-order valence-corrected chi connectivity index (χ0v) is 20.8. The second kappa shape index (κ2) is 10.0. The summed E-state index contributed by atoms with van der Waals surface area (Å²) in [4.78, 5) is 20.8. The first-order chi connectivity index (χ1) is 18.1. The van der Waals surface area contributed by atoms with E-state index in [9.17, 15) is 9.18 Å². The number of aromatic amines is 1. The Morgan fingerprint density at radius 1 is 1.14 bits per heavy atom. The molecule has 0 spiro atoms. The summed E-state index contributed by atoms with van der Waals surface area (Å²) < 4.78 is 22.1. The maximum Gasteiger partial charge on any atom is 0.253 e. The van der Waals surface area contributed by atoms with E-state index < -0.39 is 6.04 Å². The molecule has 2 saturated heterocycles. The highest BCUT2D eigenvalue weighted by Crippen LogP contribution is 2.30. The van der Waals surface area contributed by atoms with E-state index in [1.165, 1.54) is 6.07 Å². The van der Waals surface area contributed by atoms with Crippen LogP contribution in [0.4, 0.5) is 10.1 Å². The van der Waals surface area contributed by atoms with E-state index in [-0.39, 0.29) is 17.5 Å². The molecule has 2 aromatic heterocycles. The summed E-state index contributed by atoms with van der Waals surface area (Å²) in [6.07, 6.45) is 2.03. The van der Waals surface area contributed by atoms with Crippen molar-refractivity contribution in [3.05, 3.63) is 81.7 Å². The van der Waals surface area contributed by atoms with Gasteiger partial charge in [0.1, 0.15) is 11.9 Å². The molecule has 2 fully saturated rings. The van der Waals surface area contributed by atoms with Crippen LogP contribution in [0.15, 0.2) is 53.3 Å². The number of ether oxygens (including phenoxy) is 1. The Morgan fingerprint density at radius 2 is 1.97 bits per heavy atom. The second-order valence-electron chi connectivity index (χ2n) is 9.88. The average Bonchev–Trinajstić information content (AvgIpc) is 3.59. The molecule has 1 N–H and O–H groups in total. The van der Waals surface area contributed by atoms with Gasteiger partial charge < -0.3 is 14.6 Å². The first-order valence-corrected chi connectivity index (χ1v) is 12.8. The molecule has 2 aliphatic rings. The largest absolute Gasteiger partial charge is 0.376 e. The maximum atomic E-state index is 14.5. The highest BCUT2D eigenvalue weighted by atomic mass is 19.1. The van der Waals surface area contributed by atoms with E-state index in [1.54, 1.807) is 16.8 Å². The molecule has 2 aromatic carbocycles. The molecule has 4 aromatic rings. The van der Waals surface area contributed by atoms with Crippen LogP contribution in [0.3, 0.4) is 0 Å². The molecule has 37 heavy (non-hydrogen) atoms. The summed E-state index contributed by atoms with van der Waals surface area (Å²) in [5.41, 5.74) is 2.94. The van der Waals surface area contributed by atoms with Gasteiger partial charge in [-0.1, -0.05) is 23.8 Å². The number of aryl methyl sites for hydroxylation is 1. The van der Waals surface area contributed by atoms with E-state index >= 15 is 0 Å². The average molecular weight is 504 g/mol. The number of nitrogens with zero attached hydrogens (tertiary/aromatic N) is 6. The number of anilines is 1. The van der Waals surface area contributed by atoms with E-state index in [1.807, 2.05) is 36.1 Å². The fourth-order valence-corrected chi connectivity index (χ4v) is 5.49. The number of rotatable bonds is 6. The minimum absolute atomic E-state index is 0.0540. The first kappa shape index (κ1) is 23.7. The van der Waals surface area contributed by atoms with Crippen LogP contribution in [-0.2, 0) is 11.3 Å². The van der Waals surface area contributed by atoms with Crippen LogP contribution < -0.4 is 10.5 Å². The van der Waals surface area contributed by atoms with Gasteiger partial charge in [0.15, 0.2) is 5.82 Å². The Labute approximate surface area is 213 Å². The van der Waals surface area contributed by atoms with Crippen molar-refractivity contribution in [2.24, 2.45) is 0 Å². The molecule has 4 heterocycles. The number of nitrogens with one attached hydrogen (secondary N) is 1. The lowest BCUT2D eigenvalue weighted by Gasteiger charge is -2.39. The van der Waals surface area contributed by atoms with Crippen LogP contribution in [0.25, 0.3) is 10.9 Å². The van der Waals surface area contributed by atoms with Crippen molar-refractivity contribution in [2.45, 2.75) is 38.5 Å². The van der Waals surface area contributed by atoms with Gasteiger partial charge in [0.25, 0.3) is 5.56 Å². The van der Waals surface area contributed by atoms with Crippen molar-refractivity contribution in [3.63, 3.8) is 0 Å². The Bertz CT molecular complexity index is 1450. The normalized spacial score (nSPS) is 19.5. The number of benzene rings is 2. The summed E-state index contributed by atoms with van der Waals surface area (Å²) in [5, 5.41) is 13.7. The lowest BCUT2D eigenvalue weighted by Crippen LogP contribution is -2.49. The van der Waals surface area contributed by atoms with Crippen molar-refractivity contribution in [3.8, 4) is 0 Å².